The van der Waals surface area contributed by atoms with Crippen molar-refractivity contribution in [1.82, 2.24) is 0 Å². The highest BCUT2D eigenvalue weighted by atomic mass is 19.4. The van der Waals surface area contributed by atoms with Crippen LogP contribution in [0.2, 0.25) is 0 Å². The summed E-state index contributed by atoms with van der Waals surface area (Å²) in [6, 6.07) is 0. The second-order valence-corrected chi connectivity index (χ2v) is 4.81. The van der Waals surface area contributed by atoms with Crippen LogP contribution in [-0.4, -0.2) is 61.6 Å². The van der Waals surface area contributed by atoms with Gasteiger partial charge in [0.15, 0.2) is 12.2 Å². The fourth-order valence-corrected chi connectivity index (χ4v) is 1.46. The molecule has 0 aromatic carbocycles. The van der Waals surface area contributed by atoms with Crippen molar-refractivity contribution in [2.45, 2.75) is 61.6 Å². The molecule has 164 valence electrons. The Morgan fingerprint density at radius 2 is 0.667 bits per heavy atom. The Morgan fingerprint density at radius 3 is 0.815 bits per heavy atom. The van der Waals surface area contributed by atoms with E-state index in [9.17, 15) is 70.2 Å². The average molecular weight is 446 g/mol. The molecule has 0 saturated carbocycles. The predicted octanol–water partition coefficient (Wildman–Crippen LogP) is 5.34. The van der Waals surface area contributed by atoms with Crippen molar-refractivity contribution in [2.24, 2.45) is 0 Å². The molecule has 0 bridgehead atoms. The Balaban J connectivity index is 6.29. The third kappa shape index (κ3) is 5.91. The molecule has 0 aromatic rings. The molecule has 4 atom stereocenters. The first kappa shape index (κ1) is 25.8. The van der Waals surface area contributed by atoms with Crippen LogP contribution in [0.25, 0.3) is 0 Å². The predicted molar refractivity (Wildman–Crippen MR) is 52.5 cm³/mol. The van der Waals surface area contributed by atoms with Gasteiger partial charge >= 0.3 is 37.0 Å². The van der Waals surface area contributed by atoms with Gasteiger partial charge in [-0.1, -0.05) is 0 Å². The quantitative estimate of drug-likeness (QED) is 0.458. The standard InChI is InChI=1S/C10H6F16O/c11-1(9(21,22)23)3(7(17,18)5(13)14)27-4(2(12)10(24,25)26)8(19,20)6(15)16/h1-6H. The summed E-state index contributed by atoms with van der Waals surface area (Å²) >= 11 is 0. The molecule has 0 amide bonds. The lowest BCUT2D eigenvalue weighted by Gasteiger charge is -2.36. The lowest BCUT2D eigenvalue weighted by Crippen LogP contribution is -2.60. The van der Waals surface area contributed by atoms with E-state index in [4.69, 9.17) is 0 Å². The SMILES string of the molecule is FC(C(OC(C(F)C(F)(F)F)C(F)(F)C(F)F)C(F)(F)C(F)F)C(F)(F)F. The van der Waals surface area contributed by atoms with Gasteiger partial charge in [0.05, 0.1) is 0 Å². The first-order valence-electron chi connectivity index (χ1n) is 6.07. The molecule has 0 N–H and O–H groups in total. The number of alkyl halides is 16. The van der Waals surface area contributed by atoms with E-state index in [1.807, 2.05) is 0 Å². The average Bonchev–Trinajstić information content (AvgIpc) is 2.43. The number of rotatable bonds is 8. The van der Waals surface area contributed by atoms with Crippen LogP contribution in [0.4, 0.5) is 70.2 Å². The normalized spacial score (nSPS) is 19.3. The van der Waals surface area contributed by atoms with Crippen LogP contribution in [0.15, 0.2) is 0 Å². The van der Waals surface area contributed by atoms with Crippen molar-refractivity contribution in [3.8, 4) is 0 Å². The van der Waals surface area contributed by atoms with Crippen LogP contribution in [0, 0.1) is 0 Å². The van der Waals surface area contributed by atoms with E-state index < -0.39 is 61.6 Å². The molecule has 0 heterocycles. The van der Waals surface area contributed by atoms with Crippen LogP contribution in [0.1, 0.15) is 0 Å². The lowest BCUT2D eigenvalue weighted by atomic mass is 10.0. The fourth-order valence-electron chi connectivity index (χ4n) is 1.46. The van der Waals surface area contributed by atoms with Crippen molar-refractivity contribution < 1.29 is 75.0 Å². The highest BCUT2D eigenvalue weighted by Crippen LogP contribution is 2.44. The molecule has 0 saturated heterocycles. The van der Waals surface area contributed by atoms with Gasteiger partial charge < -0.3 is 4.74 Å². The van der Waals surface area contributed by atoms with Gasteiger partial charge in [-0.25, -0.2) is 26.3 Å². The topological polar surface area (TPSA) is 9.23 Å². The third-order valence-corrected chi connectivity index (χ3v) is 2.79. The number of hydrogen-bond donors (Lipinski definition) is 0. The summed E-state index contributed by atoms with van der Waals surface area (Å²) in [5, 5.41) is 0. The molecule has 0 aliphatic heterocycles. The lowest BCUT2D eigenvalue weighted by molar-refractivity contribution is -0.334. The van der Waals surface area contributed by atoms with Crippen molar-refractivity contribution in [1.29, 1.82) is 0 Å². The Bertz CT molecular complexity index is 425. The second kappa shape index (κ2) is 8.06. The van der Waals surface area contributed by atoms with E-state index in [0.29, 0.717) is 0 Å². The molecule has 0 spiro atoms. The van der Waals surface area contributed by atoms with Crippen LogP contribution >= 0.6 is 0 Å². The zero-order valence-electron chi connectivity index (χ0n) is 11.9. The molecule has 0 aromatic heterocycles. The van der Waals surface area contributed by atoms with Crippen LogP contribution in [0.3, 0.4) is 0 Å². The van der Waals surface area contributed by atoms with Gasteiger partial charge in [0.25, 0.3) is 0 Å². The summed E-state index contributed by atoms with van der Waals surface area (Å²) in [6.07, 6.45) is -45.0. The summed E-state index contributed by atoms with van der Waals surface area (Å²) in [5.41, 5.74) is 0. The van der Waals surface area contributed by atoms with Crippen LogP contribution in [0.5, 0.6) is 0 Å². The van der Waals surface area contributed by atoms with Gasteiger partial charge in [0, 0.05) is 0 Å². The minimum absolute atomic E-state index is 2.63. The minimum atomic E-state index is -6.60. The molecule has 0 radical (unpaired) electrons. The Morgan fingerprint density at radius 1 is 0.444 bits per heavy atom. The Hall–Kier alpha value is -1.16. The maximum Gasteiger partial charge on any atom is 0.422 e. The van der Waals surface area contributed by atoms with Crippen molar-refractivity contribution in [3.63, 3.8) is 0 Å². The zero-order chi connectivity index (χ0) is 22.2. The molecule has 0 aliphatic carbocycles. The molecular weight excluding hydrogens is 440 g/mol. The van der Waals surface area contributed by atoms with E-state index in [0.717, 1.165) is 0 Å². The van der Waals surface area contributed by atoms with Gasteiger partial charge in [0.2, 0.25) is 12.3 Å². The summed E-state index contributed by atoms with van der Waals surface area (Å²) in [5.74, 6) is -12.8. The summed E-state index contributed by atoms with van der Waals surface area (Å²) in [6.45, 7) is 0. The summed E-state index contributed by atoms with van der Waals surface area (Å²) < 4.78 is 202. The molecule has 0 rings (SSSR count). The maximum absolute atomic E-state index is 13.1. The van der Waals surface area contributed by atoms with E-state index in [-0.39, 0.29) is 0 Å². The first-order chi connectivity index (χ1) is 11.7. The minimum Gasteiger partial charge on any atom is -0.355 e. The van der Waals surface area contributed by atoms with Crippen LogP contribution < -0.4 is 0 Å². The van der Waals surface area contributed by atoms with Gasteiger partial charge in [0.1, 0.15) is 0 Å². The van der Waals surface area contributed by atoms with Gasteiger partial charge in [-0.2, -0.15) is 43.9 Å². The molecule has 0 fully saturated rings. The first-order valence-corrected chi connectivity index (χ1v) is 6.07. The monoisotopic (exact) mass is 446 g/mol. The Kier molecular flexibility index (Phi) is 7.72. The zero-order valence-corrected chi connectivity index (χ0v) is 11.9. The molecule has 1 nitrogen and oxygen atoms in total. The maximum atomic E-state index is 13.1. The van der Waals surface area contributed by atoms with Gasteiger partial charge in [-0.3, -0.25) is 0 Å². The van der Waals surface area contributed by atoms with Crippen molar-refractivity contribution in [3.05, 3.63) is 0 Å². The second-order valence-electron chi connectivity index (χ2n) is 4.81. The molecular formula is C10H6F16O. The smallest absolute Gasteiger partial charge is 0.355 e. The van der Waals surface area contributed by atoms with Crippen molar-refractivity contribution >= 4 is 0 Å². The van der Waals surface area contributed by atoms with Crippen LogP contribution in [-0.2, 0) is 4.74 Å². The summed E-state index contributed by atoms with van der Waals surface area (Å²) in [7, 11) is 0. The third-order valence-electron chi connectivity index (χ3n) is 2.79. The fraction of sp³-hybridized carbons (Fsp3) is 1.00. The molecule has 4 unspecified atom stereocenters. The molecule has 17 heteroatoms. The van der Waals surface area contributed by atoms with Gasteiger partial charge in [-0.05, 0) is 0 Å². The Labute approximate surface area is 138 Å². The largest absolute Gasteiger partial charge is 0.422 e. The molecule has 27 heavy (non-hydrogen) atoms. The number of halogens is 16. The highest BCUT2D eigenvalue weighted by molar-refractivity contribution is 4.96. The number of hydrogen-bond acceptors (Lipinski definition) is 1. The van der Waals surface area contributed by atoms with Gasteiger partial charge in [-0.15, -0.1) is 0 Å². The van der Waals surface area contributed by atoms with E-state index >= 15 is 0 Å². The van der Waals surface area contributed by atoms with E-state index in [1.54, 1.807) is 0 Å². The van der Waals surface area contributed by atoms with E-state index in [2.05, 4.69) is 4.74 Å². The van der Waals surface area contributed by atoms with Crippen molar-refractivity contribution in [2.75, 3.05) is 0 Å². The molecule has 0 aliphatic rings. The van der Waals surface area contributed by atoms with E-state index in [1.165, 1.54) is 0 Å². The number of ether oxygens (including phenoxy) is 1. The summed E-state index contributed by atoms with van der Waals surface area (Å²) in [4.78, 5) is 0. The highest BCUT2D eigenvalue weighted by Gasteiger charge is 2.67.